The van der Waals surface area contributed by atoms with Crippen LogP contribution in [-0.4, -0.2) is 37.4 Å². The molecule has 35 heavy (non-hydrogen) atoms. The number of carbonyl (C=O) groups is 1. The number of aromatic nitrogens is 1. The first-order chi connectivity index (χ1) is 17.2. The Labute approximate surface area is 205 Å². The Bertz CT molecular complexity index is 1270. The van der Waals surface area contributed by atoms with Crippen molar-refractivity contribution < 1.29 is 14.3 Å². The van der Waals surface area contributed by atoms with E-state index in [1.165, 1.54) is 11.1 Å². The molecule has 178 valence electrons. The molecule has 6 nitrogen and oxygen atoms in total. The van der Waals surface area contributed by atoms with Crippen molar-refractivity contribution in [1.29, 1.82) is 0 Å². The Morgan fingerprint density at radius 3 is 2.77 bits per heavy atom. The Kier molecular flexibility index (Phi) is 6.91. The summed E-state index contributed by atoms with van der Waals surface area (Å²) in [6, 6.07) is 17.6. The van der Waals surface area contributed by atoms with Crippen LogP contribution in [-0.2, 0) is 11.2 Å². The summed E-state index contributed by atoms with van der Waals surface area (Å²) in [5.41, 5.74) is 5.16. The van der Waals surface area contributed by atoms with E-state index in [1.54, 1.807) is 7.11 Å². The summed E-state index contributed by atoms with van der Waals surface area (Å²) < 4.78 is 11.3. The van der Waals surface area contributed by atoms with E-state index < -0.39 is 0 Å². The van der Waals surface area contributed by atoms with E-state index in [2.05, 4.69) is 22.5 Å². The zero-order valence-corrected chi connectivity index (χ0v) is 19.8. The van der Waals surface area contributed by atoms with Crippen LogP contribution in [0, 0.1) is 5.92 Å². The van der Waals surface area contributed by atoms with Gasteiger partial charge >= 0.3 is 0 Å². The lowest BCUT2D eigenvalue weighted by atomic mass is 9.85. The highest BCUT2D eigenvalue weighted by atomic mass is 16.5. The number of rotatable bonds is 8. The van der Waals surface area contributed by atoms with Crippen LogP contribution < -0.4 is 10.1 Å². The van der Waals surface area contributed by atoms with Gasteiger partial charge in [0, 0.05) is 55.1 Å². The monoisotopic (exact) mass is 467 g/mol. The summed E-state index contributed by atoms with van der Waals surface area (Å²) in [5, 5.41) is 2.85. The van der Waals surface area contributed by atoms with Crippen molar-refractivity contribution in [2.75, 3.05) is 20.3 Å². The molecule has 0 saturated carbocycles. The smallest absolute Gasteiger partial charge is 0.251 e. The highest BCUT2D eigenvalue weighted by molar-refractivity contribution is 5.94. The van der Waals surface area contributed by atoms with Crippen LogP contribution in [0.4, 0.5) is 5.82 Å². The minimum absolute atomic E-state index is 0.101. The van der Waals surface area contributed by atoms with Crippen LogP contribution >= 0.6 is 0 Å². The van der Waals surface area contributed by atoms with Crippen molar-refractivity contribution in [2.45, 2.75) is 19.3 Å². The molecular formula is C29H29N3O3. The van der Waals surface area contributed by atoms with Gasteiger partial charge in [-0.15, -0.1) is 0 Å². The molecule has 1 aliphatic carbocycles. The molecule has 6 heteroatoms. The molecule has 3 aromatic rings. The number of H-pyrrole nitrogens is 1. The number of amides is 1. The van der Waals surface area contributed by atoms with Gasteiger partial charge in [-0.3, -0.25) is 4.79 Å². The van der Waals surface area contributed by atoms with Crippen molar-refractivity contribution in [1.82, 2.24) is 10.3 Å². The van der Waals surface area contributed by atoms with Crippen LogP contribution in [0.15, 0.2) is 89.3 Å². The molecule has 0 saturated heterocycles. The molecule has 0 fully saturated rings. The first-order valence-electron chi connectivity index (χ1n) is 12.0. The summed E-state index contributed by atoms with van der Waals surface area (Å²) in [6.45, 7) is 0.979. The van der Waals surface area contributed by atoms with E-state index in [0.717, 1.165) is 47.7 Å². The summed E-state index contributed by atoms with van der Waals surface area (Å²) in [7, 11) is 1.62. The average Bonchev–Trinajstić information content (AvgIpc) is 3.33. The van der Waals surface area contributed by atoms with Crippen molar-refractivity contribution in [3.8, 4) is 16.9 Å². The van der Waals surface area contributed by atoms with E-state index in [1.807, 2.05) is 67.0 Å². The highest BCUT2D eigenvalue weighted by Crippen LogP contribution is 2.38. The minimum atomic E-state index is -0.101. The number of nitrogens with one attached hydrogen (secondary N) is 2. The van der Waals surface area contributed by atoms with Crippen LogP contribution in [0.3, 0.4) is 0 Å². The lowest BCUT2D eigenvalue weighted by Crippen LogP contribution is -2.26. The van der Waals surface area contributed by atoms with Crippen molar-refractivity contribution in [3.63, 3.8) is 0 Å². The second-order valence-electron chi connectivity index (χ2n) is 8.68. The molecule has 2 aromatic carbocycles. The fourth-order valence-corrected chi connectivity index (χ4v) is 4.55. The van der Waals surface area contributed by atoms with Crippen molar-refractivity contribution >= 4 is 17.9 Å². The first-order valence-corrected chi connectivity index (χ1v) is 12.0. The summed E-state index contributed by atoms with van der Waals surface area (Å²) >= 11 is 0. The van der Waals surface area contributed by atoms with Gasteiger partial charge in [0.1, 0.15) is 17.3 Å². The Balaban J connectivity index is 1.36. The second-order valence-corrected chi connectivity index (χ2v) is 8.68. The Hall–Kier alpha value is -3.90. The number of allylic oxidation sites excluding steroid dienone is 4. The Morgan fingerprint density at radius 2 is 1.97 bits per heavy atom. The molecule has 2 N–H and O–H groups in total. The number of para-hydroxylation sites is 1. The predicted molar refractivity (Wildman–Crippen MR) is 138 cm³/mol. The molecular weight excluding hydrogens is 438 g/mol. The quantitative estimate of drug-likeness (QED) is 0.423. The fraction of sp³-hybridized carbons (Fsp3) is 0.241. The predicted octanol–water partition coefficient (Wildman–Crippen LogP) is 5.62. The molecule has 1 unspecified atom stereocenters. The summed E-state index contributed by atoms with van der Waals surface area (Å²) in [4.78, 5) is 20.4. The number of benzene rings is 2. The summed E-state index contributed by atoms with van der Waals surface area (Å²) in [6.07, 6.45) is 11.1. The van der Waals surface area contributed by atoms with E-state index in [4.69, 9.17) is 14.5 Å². The molecule has 0 spiro atoms. The SMILES string of the molecule is COCCNC(=O)c1ccc(-c2c[nH]c3c2CC(C2=C(Oc4ccccc4)CCC=C2)C=N3)cc1. The Morgan fingerprint density at radius 1 is 1.14 bits per heavy atom. The molecule has 2 heterocycles. The van der Waals surface area contributed by atoms with E-state index in [-0.39, 0.29) is 11.8 Å². The normalized spacial score (nSPS) is 16.8. The second kappa shape index (κ2) is 10.6. The number of fused-ring (bicyclic) bond motifs is 1. The van der Waals surface area contributed by atoms with Gasteiger partial charge in [0.2, 0.25) is 0 Å². The van der Waals surface area contributed by atoms with Gasteiger partial charge < -0.3 is 19.8 Å². The van der Waals surface area contributed by atoms with Gasteiger partial charge in [0.25, 0.3) is 5.91 Å². The third-order valence-corrected chi connectivity index (χ3v) is 6.36. The van der Waals surface area contributed by atoms with E-state index in [0.29, 0.717) is 18.7 Å². The van der Waals surface area contributed by atoms with Crippen LogP contribution in [0.5, 0.6) is 5.75 Å². The molecule has 0 bridgehead atoms. The molecule has 1 amide bonds. The van der Waals surface area contributed by atoms with Crippen LogP contribution in [0.25, 0.3) is 11.1 Å². The zero-order valence-electron chi connectivity index (χ0n) is 19.8. The fourth-order valence-electron chi connectivity index (χ4n) is 4.55. The van der Waals surface area contributed by atoms with Gasteiger partial charge in [0.15, 0.2) is 0 Å². The van der Waals surface area contributed by atoms with Crippen LogP contribution in [0.1, 0.15) is 28.8 Å². The number of hydrogen-bond acceptors (Lipinski definition) is 4. The molecule has 1 atom stereocenters. The van der Waals surface area contributed by atoms with Gasteiger partial charge in [-0.25, -0.2) is 4.99 Å². The van der Waals surface area contributed by atoms with E-state index in [9.17, 15) is 4.79 Å². The lowest BCUT2D eigenvalue weighted by molar-refractivity contribution is 0.0937. The zero-order chi connectivity index (χ0) is 24.0. The highest BCUT2D eigenvalue weighted by Gasteiger charge is 2.26. The van der Waals surface area contributed by atoms with Crippen molar-refractivity contribution in [3.05, 3.63) is 95.4 Å². The number of aromatic amines is 1. The number of aliphatic imine (C=N–C) groups is 1. The standard InChI is InChI=1S/C29H29N3O3/c1-34-16-15-30-29(33)21-13-11-20(12-14-21)26-19-32-28-25(26)17-22(18-31-28)24-9-5-6-10-27(24)35-23-7-3-2-4-8-23/h2-5,7-9,11-14,18-19,22,32H,6,10,15-17H2,1H3,(H,30,33). The number of hydrogen-bond donors (Lipinski definition) is 2. The summed E-state index contributed by atoms with van der Waals surface area (Å²) in [5.74, 6) is 2.80. The maximum Gasteiger partial charge on any atom is 0.251 e. The van der Waals surface area contributed by atoms with Gasteiger partial charge in [0.05, 0.1) is 6.61 Å². The third-order valence-electron chi connectivity index (χ3n) is 6.36. The lowest BCUT2D eigenvalue weighted by Gasteiger charge is -2.24. The number of methoxy groups -OCH3 is 1. The molecule has 1 aliphatic heterocycles. The first kappa shape index (κ1) is 22.9. The topological polar surface area (TPSA) is 75.7 Å². The van der Waals surface area contributed by atoms with Gasteiger partial charge in [-0.2, -0.15) is 0 Å². The van der Waals surface area contributed by atoms with Gasteiger partial charge in [-0.05, 0) is 48.2 Å². The number of nitrogens with zero attached hydrogens (tertiary/aromatic N) is 1. The third kappa shape index (κ3) is 5.12. The minimum Gasteiger partial charge on any atom is -0.461 e. The maximum absolute atomic E-state index is 12.3. The largest absolute Gasteiger partial charge is 0.461 e. The van der Waals surface area contributed by atoms with E-state index >= 15 is 0 Å². The number of carbonyl (C=O) groups excluding carboxylic acids is 1. The molecule has 0 radical (unpaired) electrons. The van der Waals surface area contributed by atoms with Crippen LogP contribution in [0.2, 0.25) is 0 Å². The average molecular weight is 468 g/mol. The van der Waals surface area contributed by atoms with Gasteiger partial charge in [-0.1, -0.05) is 42.5 Å². The maximum atomic E-state index is 12.3. The molecule has 1 aromatic heterocycles. The molecule has 2 aliphatic rings. The van der Waals surface area contributed by atoms with Crippen molar-refractivity contribution in [2.24, 2.45) is 10.9 Å². The number of ether oxygens (including phenoxy) is 2. The molecule has 5 rings (SSSR count).